The van der Waals surface area contributed by atoms with Crippen LogP contribution in [0.15, 0.2) is 24.3 Å². The molecule has 1 aromatic carbocycles. The first-order valence-corrected chi connectivity index (χ1v) is 7.11. The molecule has 0 fully saturated rings. The quantitative estimate of drug-likeness (QED) is 0.818. The number of carbonyl (C=O) groups is 2. The lowest BCUT2D eigenvalue weighted by Crippen LogP contribution is -2.31. The van der Waals surface area contributed by atoms with Crippen molar-refractivity contribution < 1.29 is 14.7 Å². The van der Waals surface area contributed by atoms with Gasteiger partial charge in [0.05, 0.1) is 0 Å². The number of aryl methyl sites for hydroxylation is 1. The van der Waals surface area contributed by atoms with Crippen molar-refractivity contribution in [2.75, 3.05) is 13.6 Å². The van der Waals surface area contributed by atoms with Gasteiger partial charge in [-0.1, -0.05) is 26.3 Å². The Kier molecular flexibility index (Phi) is 6.15. The van der Waals surface area contributed by atoms with Crippen molar-refractivity contribution in [3.05, 3.63) is 41.0 Å². The van der Waals surface area contributed by atoms with Gasteiger partial charge in [0.25, 0.3) is 5.91 Å². The molecule has 0 saturated heterocycles. The zero-order valence-corrected chi connectivity index (χ0v) is 13.1. The number of hydrogen-bond donors (Lipinski definition) is 1. The molecule has 1 aromatic rings. The number of nitrogens with zero attached hydrogens (tertiary/aromatic N) is 1. The molecule has 21 heavy (non-hydrogen) atoms. The molecular formula is C17H23NO3. The maximum absolute atomic E-state index is 12.4. The molecule has 1 atom stereocenters. The molecule has 0 saturated carbocycles. The second kappa shape index (κ2) is 7.62. The van der Waals surface area contributed by atoms with Crippen LogP contribution < -0.4 is 0 Å². The lowest BCUT2D eigenvalue weighted by Gasteiger charge is -2.21. The third-order valence-electron chi connectivity index (χ3n) is 3.39. The highest BCUT2D eigenvalue weighted by atomic mass is 16.4. The lowest BCUT2D eigenvalue weighted by atomic mass is 10.0. The van der Waals surface area contributed by atoms with Gasteiger partial charge in [0.1, 0.15) is 0 Å². The number of carboxylic acid groups (broad SMARTS) is 1. The molecule has 0 aliphatic carbocycles. The van der Waals surface area contributed by atoms with Gasteiger partial charge in [0.2, 0.25) is 0 Å². The van der Waals surface area contributed by atoms with Crippen molar-refractivity contribution in [2.24, 2.45) is 5.92 Å². The predicted octanol–water partition coefficient (Wildman–Crippen LogP) is 3.21. The Hall–Kier alpha value is -2.10. The summed E-state index contributed by atoms with van der Waals surface area (Å²) in [6.45, 7) is 6.82. The molecule has 0 radical (unpaired) electrons. The van der Waals surface area contributed by atoms with Crippen LogP contribution in [-0.4, -0.2) is 35.5 Å². The van der Waals surface area contributed by atoms with E-state index in [-0.39, 0.29) is 5.91 Å². The Bertz CT molecular complexity index is 549. The van der Waals surface area contributed by atoms with Crippen LogP contribution in [0, 0.1) is 12.8 Å². The number of aliphatic carboxylic acids is 1. The number of hydrogen-bond acceptors (Lipinski definition) is 2. The molecular weight excluding hydrogens is 266 g/mol. The first-order chi connectivity index (χ1) is 9.83. The van der Waals surface area contributed by atoms with E-state index in [2.05, 4.69) is 13.8 Å². The Balaban J connectivity index is 2.96. The zero-order valence-electron chi connectivity index (χ0n) is 13.1. The van der Waals surface area contributed by atoms with Gasteiger partial charge in [0, 0.05) is 25.2 Å². The van der Waals surface area contributed by atoms with E-state index in [1.165, 1.54) is 6.08 Å². The molecule has 0 aliphatic heterocycles. The summed E-state index contributed by atoms with van der Waals surface area (Å²) in [5.74, 6) is -0.586. The molecule has 1 amide bonds. The Morgan fingerprint density at radius 2 is 2.00 bits per heavy atom. The first-order valence-electron chi connectivity index (χ1n) is 7.11. The largest absolute Gasteiger partial charge is 0.478 e. The van der Waals surface area contributed by atoms with Crippen LogP contribution in [0.3, 0.4) is 0 Å². The van der Waals surface area contributed by atoms with Gasteiger partial charge in [-0.3, -0.25) is 4.79 Å². The molecule has 0 bridgehead atoms. The van der Waals surface area contributed by atoms with E-state index in [0.29, 0.717) is 18.0 Å². The van der Waals surface area contributed by atoms with Crippen LogP contribution in [0.25, 0.3) is 6.08 Å². The molecule has 1 unspecified atom stereocenters. The monoisotopic (exact) mass is 289 g/mol. The second-order valence-electron chi connectivity index (χ2n) is 5.50. The highest BCUT2D eigenvalue weighted by Crippen LogP contribution is 2.14. The summed E-state index contributed by atoms with van der Waals surface area (Å²) in [5.41, 5.74) is 2.24. The van der Waals surface area contributed by atoms with Gasteiger partial charge in [-0.2, -0.15) is 0 Å². The third kappa shape index (κ3) is 5.42. The van der Waals surface area contributed by atoms with E-state index < -0.39 is 5.97 Å². The van der Waals surface area contributed by atoms with Gasteiger partial charge in [0.15, 0.2) is 0 Å². The van der Waals surface area contributed by atoms with Crippen molar-refractivity contribution in [1.82, 2.24) is 4.90 Å². The number of benzene rings is 1. The maximum Gasteiger partial charge on any atom is 0.328 e. The summed E-state index contributed by atoms with van der Waals surface area (Å²) >= 11 is 0. The minimum atomic E-state index is -1.00. The Morgan fingerprint density at radius 1 is 1.33 bits per heavy atom. The molecule has 0 aromatic heterocycles. The summed E-state index contributed by atoms with van der Waals surface area (Å²) in [7, 11) is 1.80. The second-order valence-corrected chi connectivity index (χ2v) is 5.50. The van der Waals surface area contributed by atoms with Gasteiger partial charge in [-0.25, -0.2) is 4.79 Å². The highest BCUT2D eigenvalue weighted by molar-refractivity contribution is 5.95. The molecule has 4 heteroatoms. The van der Waals surface area contributed by atoms with Crippen molar-refractivity contribution in [2.45, 2.75) is 27.2 Å². The molecule has 1 rings (SSSR count). The minimum absolute atomic E-state index is 0.0380. The van der Waals surface area contributed by atoms with E-state index in [9.17, 15) is 9.59 Å². The highest BCUT2D eigenvalue weighted by Gasteiger charge is 2.14. The summed E-state index contributed by atoms with van der Waals surface area (Å²) in [5, 5.41) is 8.68. The predicted molar refractivity (Wildman–Crippen MR) is 84.3 cm³/mol. The SMILES string of the molecule is CCC(C)CN(C)C(=O)c1cc(C)cc(/C=C/C(=O)O)c1. The average Bonchev–Trinajstić information content (AvgIpc) is 2.43. The Morgan fingerprint density at radius 3 is 2.57 bits per heavy atom. The molecule has 0 spiro atoms. The number of amides is 1. The van der Waals surface area contributed by atoms with E-state index >= 15 is 0 Å². The fourth-order valence-corrected chi connectivity index (χ4v) is 2.10. The third-order valence-corrected chi connectivity index (χ3v) is 3.39. The summed E-state index contributed by atoms with van der Waals surface area (Å²) < 4.78 is 0. The van der Waals surface area contributed by atoms with Gasteiger partial charge < -0.3 is 10.0 Å². The van der Waals surface area contributed by atoms with E-state index in [1.807, 2.05) is 19.1 Å². The van der Waals surface area contributed by atoms with Crippen LogP contribution in [-0.2, 0) is 4.79 Å². The van der Waals surface area contributed by atoms with Crippen molar-refractivity contribution in [3.63, 3.8) is 0 Å². The first kappa shape index (κ1) is 17.0. The van der Waals surface area contributed by atoms with E-state index in [1.54, 1.807) is 18.0 Å². The Labute approximate surface area is 126 Å². The maximum atomic E-state index is 12.4. The molecule has 4 nitrogen and oxygen atoms in total. The molecule has 0 aliphatic rings. The van der Waals surface area contributed by atoms with Crippen molar-refractivity contribution in [3.8, 4) is 0 Å². The molecule has 1 N–H and O–H groups in total. The van der Waals surface area contributed by atoms with E-state index in [0.717, 1.165) is 23.6 Å². The minimum Gasteiger partial charge on any atom is -0.478 e. The van der Waals surface area contributed by atoms with Gasteiger partial charge in [-0.15, -0.1) is 0 Å². The number of rotatable bonds is 6. The summed E-state index contributed by atoms with van der Waals surface area (Å²) in [6, 6.07) is 5.40. The molecule has 0 heterocycles. The van der Waals surface area contributed by atoms with Crippen molar-refractivity contribution >= 4 is 18.0 Å². The van der Waals surface area contributed by atoms with Crippen LogP contribution in [0.2, 0.25) is 0 Å². The van der Waals surface area contributed by atoms with Crippen LogP contribution >= 0.6 is 0 Å². The van der Waals surface area contributed by atoms with Gasteiger partial charge in [-0.05, 0) is 42.2 Å². The standard InChI is InChI=1S/C17H23NO3/c1-5-12(2)11-18(4)17(21)15-9-13(3)8-14(10-15)6-7-16(19)20/h6-10,12H,5,11H2,1-4H3,(H,19,20)/b7-6+. The number of carboxylic acids is 1. The summed E-state index contributed by atoms with van der Waals surface area (Å²) in [4.78, 5) is 24.7. The van der Waals surface area contributed by atoms with Gasteiger partial charge >= 0.3 is 5.97 Å². The topological polar surface area (TPSA) is 57.6 Å². The van der Waals surface area contributed by atoms with Crippen LogP contribution in [0.1, 0.15) is 41.8 Å². The van der Waals surface area contributed by atoms with Crippen LogP contribution in [0.4, 0.5) is 0 Å². The molecule has 114 valence electrons. The average molecular weight is 289 g/mol. The smallest absolute Gasteiger partial charge is 0.328 e. The van der Waals surface area contributed by atoms with E-state index in [4.69, 9.17) is 5.11 Å². The fourth-order valence-electron chi connectivity index (χ4n) is 2.10. The fraction of sp³-hybridized carbons (Fsp3) is 0.412. The normalized spacial score (nSPS) is 12.4. The van der Waals surface area contributed by atoms with Crippen LogP contribution in [0.5, 0.6) is 0 Å². The zero-order chi connectivity index (χ0) is 16.0. The summed E-state index contributed by atoms with van der Waals surface area (Å²) in [6.07, 6.45) is 3.60. The van der Waals surface area contributed by atoms with Crippen molar-refractivity contribution in [1.29, 1.82) is 0 Å². The number of carbonyl (C=O) groups excluding carboxylic acids is 1. The lowest BCUT2D eigenvalue weighted by molar-refractivity contribution is -0.131.